The number of aromatic nitrogens is 2. The second kappa shape index (κ2) is 8.32. The van der Waals surface area contributed by atoms with Crippen LogP contribution in [0.1, 0.15) is 25.5 Å². The molecule has 0 spiro atoms. The topological polar surface area (TPSA) is 56.1 Å². The predicted molar refractivity (Wildman–Crippen MR) is 80.1 cm³/mol. The van der Waals surface area contributed by atoms with Gasteiger partial charge in [0.05, 0.1) is 5.69 Å². The van der Waals surface area contributed by atoms with Crippen molar-refractivity contribution in [2.45, 2.75) is 39.3 Å². The van der Waals surface area contributed by atoms with E-state index >= 15 is 0 Å². The SMILES string of the molecule is COCCCn1cc(C)nc1NC(C)CCS(C)=O. The van der Waals surface area contributed by atoms with E-state index in [-0.39, 0.29) is 6.04 Å². The lowest BCUT2D eigenvalue weighted by molar-refractivity contribution is 0.190. The number of rotatable bonds is 9. The summed E-state index contributed by atoms with van der Waals surface area (Å²) in [4.78, 5) is 4.49. The Morgan fingerprint density at radius 2 is 2.32 bits per heavy atom. The molecule has 0 saturated carbocycles. The molecular weight excluding hydrogens is 262 g/mol. The summed E-state index contributed by atoms with van der Waals surface area (Å²) >= 11 is 0. The molecule has 110 valence electrons. The number of nitrogens with one attached hydrogen (secondary N) is 1. The zero-order chi connectivity index (χ0) is 14.3. The van der Waals surface area contributed by atoms with Crippen LogP contribution in [0.4, 0.5) is 5.95 Å². The number of methoxy groups -OCH3 is 1. The minimum absolute atomic E-state index is 0.270. The standard InChI is InChI=1S/C13H25N3O2S/c1-11(6-9-19(4)17)14-13-15-12(2)10-16(13)7-5-8-18-3/h10-11H,5-9H2,1-4H3,(H,14,15). The maximum Gasteiger partial charge on any atom is 0.203 e. The molecule has 1 rings (SSSR count). The summed E-state index contributed by atoms with van der Waals surface area (Å²) in [5.74, 6) is 1.61. The van der Waals surface area contributed by atoms with Crippen LogP contribution in [0.25, 0.3) is 0 Å². The van der Waals surface area contributed by atoms with Gasteiger partial charge in [-0.2, -0.15) is 0 Å². The Morgan fingerprint density at radius 3 is 2.95 bits per heavy atom. The van der Waals surface area contributed by atoms with E-state index < -0.39 is 10.8 Å². The quantitative estimate of drug-likeness (QED) is 0.704. The summed E-state index contributed by atoms with van der Waals surface area (Å²) < 4.78 is 18.3. The molecule has 0 fully saturated rings. The van der Waals surface area contributed by atoms with Gasteiger partial charge in [0.1, 0.15) is 0 Å². The van der Waals surface area contributed by atoms with Crippen molar-refractivity contribution in [1.82, 2.24) is 9.55 Å². The first-order valence-corrected chi connectivity index (χ1v) is 8.35. The molecule has 6 heteroatoms. The molecule has 2 unspecified atom stereocenters. The molecule has 1 aromatic rings. The second-order valence-electron chi connectivity index (χ2n) is 4.86. The van der Waals surface area contributed by atoms with E-state index in [9.17, 15) is 4.21 Å². The van der Waals surface area contributed by atoms with Gasteiger partial charge in [-0.25, -0.2) is 4.98 Å². The van der Waals surface area contributed by atoms with Crippen molar-refractivity contribution in [3.8, 4) is 0 Å². The average Bonchev–Trinajstić information content (AvgIpc) is 2.67. The summed E-state index contributed by atoms with van der Waals surface area (Å²) in [6.45, 7) is 5.73. The highest BCUT2D eigenvalue weighted by Gasteiger charge is 2.09. The van der Waals surface area contributed by atoms with Crippen molar-refractivity contribution in [1.29, 1.82) is 0 Å². The van der Waals surface area contributed by atoms with E-state index in [0.29, 0.717) is 0 Å². The van der Waals surface area contributed by atoms with Crippen molar-refractivity contribution < 1.29 is 8.95 Å². The van der Waals surface area contributed by atoms with E-state index in [4.69, 9.17) is 4.74 Å². The minimum atomic E-state index is -0.734. The van der Waals surface area contributed by atoms with E-state index in [1.165, 1.54) is 0 Å². The molecule has 0 aromatic carbocycles. The van der Waals surface area contributed by atoms with Crippen LogP contribution >= 0.6 is 0 Å². The monoisotopic (exact) mass is 287 g/mol. The van der Waals surface area contributed by atoms with Gasteiger partial charge in [-0.05, 0) is 26.7 Å². The third-order valence-electron chi connectivity index (χ3n) is 2.86. The zero-order valence-corrected chi connectivity index (χ0v) is 13.1. The zero-order valence-electron chi connectivity index (χ0n) is 12.3. The highest BCUT2D eigenvalue weighted by atomic mass is 32.2. The van der Waals surface area contributed by atoms with Crippen LogP contribution in [-0.2, 0) is 22.1 Å². The van der Waals surface area contributed by atoms with Gasteiger partial charge < -0.3 is 14.6 Å². The normalized spacial score (nSPS) is 14.3. The lowest BCUT2D eigenvalue weighted by Gasteiger charge is -2.15. The fourth-order valence-electron chi connectivity index (χ4n) is 1.85. The molecular formula is C13H25N3O2S. The Labute approximate surface area is 118 Å². The molecule has 0 aliphatic heterocycles. The van der Waals surface area contributed by atoms with Crippen LogP contribution in [0.15, 0.2) is 6.20 Å². The van der Waals surface area contributed by atoms with E-state index in [1.807, 2.05) is 13.1 Å². The van der Waals surface area contributed by atoms with Gasteiger partial charge in [0.15, 0.2) is 0 Å². The van der Waals surface area contributed by atoms with Gasteiger partial charge in [0.2, 0.25) is 5.95 Å². The van der Waals surface area contributed by atoms with Crippen LogP contribution in [0.5, 0.6) is 0 Å². The van der Waals surface area contributed by atoms with Gasteiger partial charge in [-0.3, -0.25) is 4.21 Å². The van der Waals surface area contributed by atoms with Gasteiger partial charge >= 0.3 is 0 Å². The maximum absolute atomic E-state index is 11.1. The third-order valence-corrected chi connectivity index (χ3v) is 3.67. The summed E-state index contributed by atoms with van der Waals surface area (Å²) in [5, 5.41) is 3.39. The molecule has 0 aliphatic carbocycles. The van der Waals surface area contributed by atoms with Gasteiger partial charge in [0, 0.05) is 55.3 Å². The van der Waals surface area contributed by atoms with Gasteiger partial charge in [-0.15, -0.1) is 0 Å². The number of ether oxygens (including phenoxy) is 1. The van der Waals surface area contributed by atoms with Crippen molar-refractivity contribution in [3.05, 3.63) is 11.9 Å². The number of imidazole rings is 1. The summed E-state index contributed by atoms with van der Waals surface area (Å²) in [5.41, 5.74) is 1.01. The van der Waals surface area contributed by atoms with Crippen LogP contribution in [0.3, 0.4) is 0 Å². The first kappa shape index (κ1) is 16.2. The average molecular weight is 287 g/mol. The van der Waals surface area contributed by atoms with Gasteiger partial charge in [0.25, 0.3) is 0 Å². The minimum Gasteiger partial charge on any atom is -0.385 e. The molecule has 5 nitrogen and oxygen atoms in total. The van der Waals surface area contributed by atoms with E-state index in [2.05, 4.69) is 21.8 Å². The highest BCUT2D eigenvalue weighted by molar-refractivity contribution is 7.84. The van der Waals surface area contributed by atoms with Crippen LogP contribution in [0.2, 0.25) is 0 Å². The first-order chi connectivity index (χ1) is 9.02. The smallest absolute Gasteiger partial charge is 0.203 e. The molecule has 0 bridgehead atoms. The Kier molecular flexibility index (Phi) is 7.09. The molecule has 1 aromatic heterocycles. The Hall–Kier alpha value is -0.880. The number of anilines is 1. The van der Waals surface area contributed by atoms with Crippen molar-refractivity contribution >= 4 is 16.7 Å². The van der Waals surface area contributed by atoms with E-state index in [1.54, 1.807) is 13.4 Å². The molecule has 0 saturated heterocycles. The summed E-state index contributed by atoms with van der Waals surface area (Å²) in [6.07, 6.45) is 5.63. The first-order valence-electron chi connectivity index (χ1n) is 6.62. The second-order valence-corrected chi connectivity index (χ2v) is 6.41. The van der Waals surface area contributed by atoms with Crippen LogP contribution < -0.4 is 5.32 Å². The van der Waals surface area contributed by atoms with Crippen molar-refractivity contribution in [2.24, 2.45) is 0 Å². The predicted octanol–water partition coefficient (Wildman–Crippen LogP) is 1.80. The Bertz CT molecular complexity index is 407. The van der Waals surface area contributed by atoms with E-state index in [0.717, 1.165) is 43.4 Å². The number of hydrogen-bond acceptors (Lipinski definition) is 4. The summed E-state index contributed by atoms with van der Waals surface area (Å²) in [6, 6.07) is 0.270. The molecule has 0 aliphatic rings. The lowest BCUT2D eigenvalue weighted by atomic mass is 10.3. The van der Waals surface area contributed by atoms with Crippen LogP contribution in [0, 0.1) is 6.92 Å². The largest absolute Gasteiger partial charge is 0.385 e. The van der Waals surface area contributed by atoms with Gasteiger partial charge in [-0.1, -0.05) is 0 Å². The lowest BCUT2D eigenvalue weighted by Crippen LogP contribution is -2.20. The van der Waals surface area contributed by atoms with Crippen molar-refractivity contribution in [3.63, 3.8) is 0 Å². The van der Waals surface area contributed by atoms with Crippen molar-refractivity contribution in [2.75, 3.05) is 31.0 Å². The Morgan fingerprint density at radius 1 is 1.58 bits per heavy atom. The molecule has 1 N–H and O–H groups in total. The highest BCUT2D eigenvalue weighted by Crippen LogP contribution is 2.12. The fourth-order valence-corrected chi connectivity index (χ4v) is 2.53. The number of nitrogens with zero attached hydrogens (tertiary/aromatic N) is 2. The molecule has 0 amide bonds. The molecule has 19 heavy (non-hydrogen) atoms. The summed E-state index contributed by atoms with van der Waals surface area (Å²) in [7, 11) is 0.979. The third kappa shape index (κ3) is 6.20. The Balaban J connectivity index is 2.53. The number of hydrogen-bond donors (Lipinski definition) is 1. The number of aryl methyl sites for hydroxylation is 2. The fraction of sp³-hybridized carbons (Fsp3) is 0.769. The molecule has 2 atom stereocenters. The van der Waals surface area contributed by atoms with Crippen LogP contribution in [-0.4, -0.2) is 45.5 Å². The molecule has 0 radical (unpaired) electrons. The molecule has 1 heterocycles. The maximum atomic E-state index is 11.1.